The number of aromatic nitrogens is 8. The third kappa shape index (κ3) is 11.9. The first-order valence-corrected chi connectivity index (χ1v) is 38.6. The van der Waals surface area contributed by atoms with Gasteiger partial charge in [0.2, 0.25) is 0 Å². The number of hydrogen-bond donors (Lipinski definition) is 0. The van der Waals surface area contributed by atoms with Gasteiger partial charge in [0.05, 0.1) is 67.3 Å². The number of rotatable bonds is 12. The van der Waals surface area contributed by atoms with E-state index < -0.39 is 0 Å². The third-order valence-electron chi connectivity index (χ3n) is 22.0. The maximum atomic E-state index is 5.36. The highest BCUT2D eigenvalue weighted by Gasteiger charge is 2.25. The Bertz CT molecular complexity index is 6850. The lowest BCUT2D eigenvalue weighted by Crippen LogP contribution is -1.97. The molecule has 6 heterocycles. The molecule has 0 aliphatic heterocycles. The molecule has 0 unspecified atom stereocenters. The van der Waals surface area contributed by atoms with E-state index in [0.717, 1.165) is 167 Å². The summed E-state index contributed by atoms with van der Waals surface area (Å²) in [6.07, 6.45) is 0. The second kappa shape index (κ2) is 28.6. The van der Waals surface area contributed by atoms with Crippen LogP contribution in [-0.4, -0.2) is 39.0 Å². The molecule has 0 aliphatic rings. The van der Waals surface area contributed by atoms with Crippen LogP contribution in [0, 0.1) is 0 Å². The van der Waals surface area contributed by atoms with Crippen molar-refractivity contribution in [3.05, 3.63) is 413 Å². The summed E-state index contributed by atoms with van der Waals surface area (Å²) in [6.45, 7) is 0. The smallest absolute Gasteiger partial charge is 0.161 e. The van der Waals surface area contributed by atoms with Crippen LogP contribution in [-0.2, 0) is 0 Å². The van der Waals surface area contributed by atoms with Gasteiger partial charge in [-0.15, -0.1) is 0 Å². The van der Waals surface area contributed by atoms with Crippen molar-refractivity contribution in [1.29, 1.82) is 0 Å². The summed E-state index contributed by atoms with van der Waals surface area (Å²) in [4.78, 5) is 31.2. The zero-order valence-electron chi connectivity index (χ0n) is 61.8. The Kier molecular flexibility index (Phi) is 16.7. The molecular formula is C106H68N8. The first kappa shape index (κ1) is 66.8. The van der Waals surface area contributed by atoms with Crippen molar-refractivity contribution in [2.75, 3.05) is 0 Å². The van der Waals surface area contributed by atoms with Gasteiger partial charge in [-0.2, -0.15) is 0 Å². The van der Waals surface area contributed by atoms with Gasteiger partial charge >= 0.3 is 0 Å². The van der Waals surface area contributed by atoms with Gasteiger partial charge in [-0.25, -0.2) is 29.9 Å². The Hall–Kier alpha value is -15.4. The van der Waals surface area contributed by atoms with Gasteiger partial charge in [0.15, 0.2) is 11.6 Å². The fourth-order valence-corrected chi connectivity index (χ4v) is 16.7. The van der Waals surface area contributed by atoms with Gasteiger partial charge in [-0.1, -0.05) is 346 Å². The van der Waals surface area contributed by atoms with E-state index in [0.29, 0.717) is 11.6 Å². The highest BCUT2D eigenvalue weighted by atomic mass is 15.0. The van der Waals surface area contributed by atoms with Gasteiger partial charge in [0, 0.05) is 88.2 Å². The highest BCUT2D eigenvalue weighted by Crippen LogP contribution is 2.46. The van der Waals surface area contributed by atoms with Crippen molar-refractivity contribution in [3.63, 3.8) is 0 Å². The Labute approximate surface area is 658 Å². The third-order valence-corrected chi connectivity index (χ3v) is 22.0. The molecule has 8 heteroatoms. The lowest BCUT2D eigenvalue weighted by Gasteiger charge is -2.14. The molecule has 0 N–H and O–H groups in total. The predicted molar refractivity (Wildman–Crippen MR) is 473 cm³/mol. The largest absolute Gasteiger partial charge is 0.308 e. The van der Waals surface area contributed by atoms with Crippen LogP contribution in [0.2, 0.25) is 0 Å². The molecule has 0 amide bonds. The van der Waals surface area contributed by atoms with Crippen LogP contribution in [0.15, 0.2) is 413 Å². The highest BCUT2D eigenvalue weighted by molar-refractivity contribution is 6.24. The minimum atomic E-state index is 0.703. The van der Waals surface area contributed by atoms with Crippen LogP contribution in [0.1, 0.15) is 0 Å². The van der Waals surface area contributed by atoms with Gasteiger partial charge < -0.3 is 9.13 Å². The zero-order valence-corrected chi connectivity index (χ0v) is 61.8. The fourth-order valence-electron chi connectivity index (χ4n) is 16.7. The molecule has 0 fully saturated rings. The molecule has 8 nitrogen and oxygen atoms in total. The van der Waals surface area contributed by atoms with Crippen LogP contribution >= 0.6 is 0 Å². The van der Waals surface area contributed by atoms with E-state index in [4.69, 9.17) is 29.9 Å². The van der Waals surface area contributed by atoms with Crippen molar-refractivity contribution in [2.24, 2.45) is 0 Å². The van der Waals surface area contributed by atoms with Crippen LogP contribution in [0.3, 0.4) is 0 Å². The second-order valence-corrected chi connectivity index (χ2v) is 28.7. The standard InChI is InChI=1S/2C53H34N4/c1-4-16-36(17-5-1)47-34-48(56-53(55-47)38-18-6-2-7-19-38)43-33-32-40(41-22-10-11-23-42(41)43)35-28-30-37(31-29-35)51-50-45-25-13-15-27-49(45)57(39-20-8-3-9-21-39)52(50)44-24-12-14-26-46(44)54-51;1-4-16-36(17-5-1)47-34-48(37-18-6-2-7-19-37)56-53(55-47)43-33-32-40(41-22-10-11-23-42(41)43)35-28-30-38(31-29-35)51-50-45-25-13-15-27-49(45)57(39-20-8-3-9-21-39)52(50)44-24-12-14-26-46(44)54-51/h2*1-34H. The van der Waals surface area contributed by atoms with Crippen LogP contribution < -0.4 is 0 Å². The normalized spacial score (nSPS) is 11.5. The molecule has 0 atom stereocenters. The SMILES string of the molecule is c1ccc(-c2cc(-c3ccc(-c4ccc(-c5nc6ccccc6c6c5c5ccccc5n6-c5ccccc5)cc4)c4ccccc34)nc(-c3ccccc3)n2)cc1.c1ccc(-c2cc(-c3ccccc3)nc(-c3ccc(-c4ccc(-c5nc6ccccc6c6c5c5ccccc5n6-c5ccccc5)cc4)c4ccccc34)n2)cc1. The summed E-state index contributed by atoms with van der Waals surface area (Å²) in [6, 6.07) is 145. The van der Waals surface area contributed by atoms with E-state index in [9.17, 15) is 0 Å². The molecule has 6 aromatic heterocycles. The molecule has 0 bridgehead atoms. The van der Waals surface area contributed by atoms with E-state index in [-0.39, 0.29) is 0 Å². The van der Waals surface area contributed by atoms with Crippen molar-refractivity contribution in [1.82, 2.24) is 39.0 Å². The van der Waals surface area contributed by atoms with E-state index in [1.807, 2.05) is 36.4 Å². The Morgan fingerprint density at radius 1 is 0.175 bits per heavy atom. The van der Waals surface area contributed by atoms with Gasteiger partial charge in [0.1, 0.15) is 0 Å². The number of benzene rings is 16. The van der Waals surface area contributed by atoms with E-state index in [1.165, 1.54) is 32.8 Å². The summed E-state index contributed by atoms with van der Waals surface area (Å²) in [5.41, 5.74) is 27.4. The van der Waals surface area contributed by atoms with Crippen LogP contribution in [0.5, 0.6) is 0 Å². The average Bonchev–Trinajstić information content (AvgIpc) is 1.56. The van der Waals surface area contributed by atoms with Crippen molar-refractivity contribution in [3.8, 4) is 124 Å². The van der Waals surface area contributed by atoms with Gasteiger partial charge in [-0.3, -0.25) is 0 Å². The molecule has 0 spiro atoms. The van der Waals surface area contributed by atoms with Crippen molar-refractivity contribution < 1.29 is 0 Å². The first-order valence-electron chi connectivity index (χ1n) is 38.6. The van der Waals surface area contributed by atoms with Gasteiger partial charge in [-0.05, 0) is 111 Å². The lowest BCUT2D eigenvalue weighted by molar-refractivity contribution is 1.18. The number of fused-ring (bicyclic) bond motifs is 12. The minimum Gasteiger partial charge on any atom is -0.308 e. The first-order chi connectivity index (χ1) is 56.6. The molecular weight excluding hydrogens is 1390 g/mol. The predicted octanol–water partition coefficient (Wildman–Crippen LogP) is 27.2. The molecule has 22 rings (SSSR count). The maximum Gasteiger partial charge on any atom is 0.161 e. The topological polar surface area (TPSA) is 87.2 Å². The fraction of sp³-hybridized carbons (Fsp3) is 0. The zero-order chi connectivity index (χ0) is 75.4. The number of para-hydroxylation sites is 6. The average molecular weight is 1450 g/mol. The summed E-state index contributed by atoms with van der Waals surface area (Å²) in [5, 5.41) is 11.5. The summed E-state index contributed by atoms with van der Waals surface area (Å²) in [5.74, 6) is 1.41. The van der Waals surface area contributed by atoms with Crippen molar-refractivity contribution >= 4 is 87.0 Å². The van der Waals surface area contributed by atoms with Crippen LogP contribution in [0.25, 0.3) is 211 Å². The Balaban J connectivity index is 0.000000143. The summed E-state index contributed by atoms with van der Waals surface area (Å²) >= 11 is 0. The quantitative estimate of drug-likeness (QED) is 0.121. The van der Waals surface area contributed by atoms with E-state index in [2.05, 4.69) is 385 Å². The molecule has 22 aromatic rings. The molecule has 114 heavy (non-hydrogen) atoms. The minimum absolute atomic E-state index is 0.703. The maximum absolute atomic E-state index is 5.36. The number of hydrogen-bond acceptors (Lipinski definition) is 6. The monoisotopic (exact) mass is 1450 g/mol. The summed E-state index contributed by atoms with van der Waals surface area (Å²) in [7, 11) is 0. The second-order valence-electron chi connectivity index (χ2n) is 28.7. The number of pyridine rings is 2. The van der Waals surface area contributed by atoms with Crippen LogP contribution in [0.4, 0.5) is 0 Å². The molecule has 532 valence electrons. The van der Waals surface area contributed by atoms with Gasteiger partial charge in [0.25, 0.3) is 0 Å². The molecule has 0 radical (unpaired) electrons. The summed E-state index contributed by atoms with van der Waals surface area (Å²) < 4.78 is 4.78. The molecule has 0 aliphatic carbocycles. The Morgan fingerprint density at radius 3 is 0.886 bits per heavy atom. The van der Waals surface area contributed by atoms with E-state index in [1.54, 1.807) is 0 Å². The molecule has 16 aromatic carbocycles. The Morgan fingerprint density at radius 2 is 0.465 bits per heavy atom. The molecule has 0 saturated heterocycles. The van der Waals surface area contributed by atoms with E-state index >= 15 is 0 Å². The molecule has 0 saturated carbocycles. The van der Waals surface area contributed by atoms with Crippen molar-refractivity contribution in [2.45, 2.75) is 0 Å². The lowest BCUT2D eigenvalue weighted by atomic mass is 9.92. The number of nitrogens with zero attached hydrogens (tertiary/aromatic N) is 8.